The van der Waals surface area contributed by atoms with E-state index in [0.717, 1.165) is 41.1 Å². The molecular formula is C22H26ClN3O2S. The quantitative estimate of drug-likeness (QED) is 0.588. The van der Waals surface area contributed by atoms with Gasteiger partial charge in [0.1, 0.15) is 15.8 Å². The molecule has 0 bridgehead atoms. The first-order valence-electron chi connectivity index (χ1n) is 9.87. The molecule has 1 N–H and O–H groups in total. The van der Waals surface area contributed by atoms with Crippen molar-refractivity contribution in [1.82, 2.24) is 15.3 Å². The van der Waals surface area contributed by atoms with Crippen molar-refractivity contribution in [3.63, 3.8) is 0 Å². The van der Waals surface area contributed by atoms with E-state index in [0.29, 0.717) is 34.0 Å². The largest absolute Gasteiger partial charge is 0.493 e. The van der Waals surface area contributed by atoms with Gasteiger partial charge in [-0.25, -0.2) is 9.97 Å². The number of amides is 1. The van der Waals surface area contributed by atoms with Crippen LogP contribution >= 0.6 is 23.4 Å². The fourth-order valence-electron chi connectivity index (χ4n) is 2.78. The fourth-order valence-corrected chi connectivity index (χ4v) is 4.01. The van der Waals surface area contributed by atoms with Crippen molar-refractivity contribution in [1.29, 1.82) is 0 Å². The lowest BCUT2D eigenvalue weighted by Gasteiger charge is -2.15. The molecule has 0 aliphatic heterocycles. The third kappa shape index (κ3) is 5.52. The Morgan fingerprint density at radius 3 is 2.72 bits per heavy atom. The van der Waals surface area contributed by atoms with E-state index in [4.69, 9.17) is 21.3 Å². The maximum atomic E-state index is 12.3. The summed E-state index contributed by atoms with van der Waals surface area (Å²) in [6, 6.07) is 5.73. The van der Waals surface area contributed by atoms with Crippen LogP contribution < -0.4 is 10.1 Å². The zero-order chi connectivity index (χ0) is 21.0. The summed E-state index contributed by atoms with van der Waals surface area (Å²) in [6.45, 7) is 8.50. The molecule has 1 aliphatic carbocycles. The average molecular weight is 432 g/mol. The summed E-state index contributed by atoms with van der Waals surface area (Å²) in [5.74, 6) is 0.654. The summed E-state index contributed by atoms with van der Waals surface area (Å²) in [6.07, 6.45) is 4.63. The van der Waals surface area contributed by atoms with Crippen molar-refractivity contribution < 1.29 is 9.53 Å². The zero-order valence-corrected chi connectivity index (χ0v) is 18.8. The summed E-state index contributed by atoms with van der Waals surface area (Å²) < 4.78 is 5.87. The maximum absolute atomic E-state index is 12.3. The highest BCUT2D eigenvalue weighted by atomic mass is 35.5. The number of carbonyl (C=O) groups excluding carboxylic acids is 1. The molecule has 2 heterocycles. The van der Waals surface area contributed by atoms with Gasteiger partial charge in [0.05, 0.1) is 22.9 Å². The molecule has 29 heavy (non-hydrogen) atoms. The highest BCUT2D eigenvalue weighted by molar-refractivity contribution is 7.99. The third-order valence-electron chi connectivity index (χ3n) is 4.68. The third-order valence-corrected chi connectivity index (χ3v) is 6.05. The normalized spacial score (nSPS) is 14.4. The highest BCUT2D eigenvalue weighted by Gasteiger charge is 2.24. The molecule has 154 valence electrons. The van der Waals surface area contributed by atoms with Crippen molar-refractivity contribution in [2.75, 3.05) is 6.61 Å². The molecule has 1 aliphatic rings. The Kier molecular flexibility index (Phi) is 7.19. The number of carbonyl (C=O) groups is 1. The number of halogens is 1. The van der Waals surface area contributed by atoms with Crippen LogP contribution in [-0.2, 0) is 0 Å². The SMILES string of the molecule is CCOc1cc(Sc2cc(C(=O)NC3CC3)ccn2)nc(C)c1/C(Cl)=C(\C)CC. The van der Waals surface area contributed by atoms with E-state index >= 15 is 0 Å². The van der Waals surface area contributed by atoms with Gasteiger partial charge in [-0.1, -0.05) is 24.1 Å². The molecule has 0 radical (unpaired) electrons. The van der Waals surface area contributed by atoms with Crippen LogP contribution in [0.5, 0.6) is 5.75 Å². The second kappa shape index (κ2) is 9.63. The number of aromatic nitrogens is 2. The summed E-state index contributed by atoms with van der Waals surface area (Å²) in [4.78, 5) is 21.4. The van der Waals surface area contributed by atoms with Crippen molar-refractivity contribution in [3.8, 4) is 5.75 Å². The minimum atomic E-state index is -0.0572. The van der Waals surface area contributed by atoms with Crippen molar-refractivity contribution in [2.45, 2.75) is 63.1 Å². The summed E-state index contributed by atoms with van der Waals surface area (Å²) in [5.41, 5.74) is 3.34. The molecule has 5 nitrogen and oxygen atoms in total. The summed E-state index contributed by atoms with van der Waals surface area (Å²) in [7, 11) is 0. The first-order chi connectivity index (χ1) is 13.9. The topological polar surface area (TPSA) is 64.1 Å². The van der Waals surface area contributed by atoms with Crippen LogP contribution in [0.2, 0.25) is 0 Å². The van der Waals surface area contributed by atoms with Crippen LogP contribution in [0.15, 0.2) is 40.0 Å². The van der Waals surface area contributed by atoms with Crippen molar-refractivity contribution in [3.05, 3.63) is 46.8 Å². The van der Waals surface area contributed by atoms with Crippen molar-refractivity contribution in [2.24, 2.45) is 0 Å². The Bertz CT molecular complexity index is 942. The number of allylic oxidation sites excluding steroid dienone is 1. The smallest absolute Gasteiger partial charge is 0.251 e. The van der Waals surface area contributed by atoms with Gasteiger partial charge < -0.3 is 10.1 Å². The predicted molar refractivity (Wildman–Crippen MR) is 118 cm³/mol. The number of aryl methyl sites for hydroxylation is 1. The van der Waals surface area contributed by atoms with Gasteiger partial charge in [-0.3, -0.25) is 4.79 Å². The van der Waals surface area contributed by atoms with Gasteiger partial charge in [0, 0.05) is 23.9 Å². The molecule has 2 aromatic rings. The Balaban J connectivity index is 1.88. The lowest BCUT2D eigenvalue weighted by molar-refractivity contribution is 0.0950. The summed E-state index contributed by atoms with van der Waals surface area (Å²) in [5, 5.41) is 5.15. The molecule has 0 unspecified atom stereocenters. The molecule has 0 aromatic carbocycles. The molecular weight excluding hydrogens is 406 g/mol. The molecule has 0 spiro atoms. The first-order valence-corrected chi connectivity index (χ1v) is 11.1. The van der Waals surface area contributed by atoms with E-state index in [1.807, 2.05) is 26.8 Å². The van der Waals surface area contributed by atoms with Gasteiger partial charge in [0.25, 0.3) is 5.91 Å². The van der Waals surface area contributed by atoms with E-state index in [1.165, 1.54) is 11.8 Å². The van der Waals surface area contributed by atoms with Crippen LogP contribution in [0.4, 0.5) is 0 Å². The Morgan fingerprint density at radius 1 is 1.31 bits per heavy atom. The van der Waals surface area contributed by atoms with Crippen LogP contribution in [0, 0.1) is 6.92 Å². The molecule has 1 fully saturated rings. The number of pyridine rings is 2. The summed E-state index contributed by atoms with van der Waals surface area (Å²) >= 11 is 8.01. The van der Waals surface area contributed by atoms with Gasteiger partial charge >= 0.3 is 0 Å². The minimum Gasteiger partial charge on any atom is -0.493 e. The van der Waals surface area contributed by atoms with Crippen molar-refractivity contribution >= 4 is 34.3 Å². The number of hydrogen-bond acceptors (Lipinski definition) is 5. The lowest BCUT2D eigenvalue weighted by atomic mass is 10.1. The molecule has 0 atom stereocenters. The molecule has 1 saturated carbocycles. The van der Waals surface area contributed by atoms with Gasteiger partial charge in [-0.2, -0.15) is 0 Å². The van der Waals surface area contributed by atoms with E-state index in [1.54, 1.807) is 18.3 Å². The fraction of sp³-hybridized carbons (Fsp3) is 0.409. The van der Waals surface area contributed by atoms with Gasteiger partial charge in [0.15, 0.2) is 0 Å². The van der Waals surface area contributed by atoms with E-state index < -0.39 is 0 Å². The Labute approximate surface area is 181 Å². The maximum Gasteiger partial charge on any atom is 0.251 e. The van der Waals surface area contributed by atoms with Gasteiger partial charge in [-0.15, -0.1) is 0 Å². The standard InChI is InChI=1S/C22H26ClN3O2S/c1-5-13(3)21(23)20-14(4)25-19(12-17(20)28-6-2)29-18-11-15(9-10-24-18)22(27)26-16-7-8-16/h9-12,16H,5-8H2,1-4H3,(H,26,27)/b21-13-. The van der Waals surface area contributed by atoms with Gasteiger partial charge in [0.2, 0.25) is 0 Å². The van der Waals surface area contributed by atoms with Gasteiger partial charge in [-0.05, 0) is 63.9 Å². The van der Waals surface area contributed by atoms with E-state index in [-0.39, 0.29) is 5.91 Å². The zero-order valence-electron chi connectivity index (χ0n) is 17.2. The number of hydrogen-bond donors (Lipinski definition) is 1. The van der Waals surface area contributed by atoms with Crippen LogP contribution in [-0.4, -0.2) is 28.5 Å². The number of nitrogens with zero attached hydrogens (tertiary/aromatic N) is 2. The molecule has 3 rings (SSSR count). The predicted octanol–water partition coefficient (Wildman–Crippen LogP) is 5.61. The molecule has 7 heteroatoms. The molecule has 1 amide bonds. The van der Waals surface area contributed by atoms with Crippen LogP contribution in [0.1, 0.15) is 61.6 Å². The lowest BCUT2D eigenvalue weighted by Crippen LogP contribution is -2.25. The Hall–Kier alpha value is -2.05. The highest BCUT2D eigenvalue weighted by Crippen LogP contribution is 2.38. The second-order valence-corrected chi connectivity index (χ2v) is 8.45. The molecule has 2 aromatic heterocycles. The monoisotopic (exact) mass is 431 g/mol. The number of ether oxygens (including phenoxy) is 1. The number of rotatable bonds is 8. The van der Waals surface area contributed by atoms with E-state index in [9.17, 15) is 4.79 Å². The second-order valence-electron chi connectivity index (χ2n) is 7.03. The van der Waals surface area contributed by atoms with Crippen LogP contribution in [0.25, 0.3) is 5.03 Å². The average Bonchev–Trinajstić information content (AvgIpc) is 3.51. The van der Waals surface area contributed by atoms with Crippen LogP contribution in [0.3, 0.4) is 0 Å². The minimum absolute atomic E-state index is 0.0572. The Morgan fingerprint density at radius 2 is 2.07 bits per heavy atom. The first kappa shape index (κ1) is 21.7. The molecule has 0 saturated heterocycles. The van der Waals surface area contributed by atoms with E-state index in [2.05, 4.69) is 17.2 Å². The number of nitrogens with one attached hydrogen (secondary N) is 1.